The number of benzene rings is 2. The van der Waals surface area contributed by atoms with Crippen LogP contribution in [-0.2, 0) is 15.6 Å². The van der Waals surface area contributed by atoms with Crippen LogP contribution in [0.1, 0.15) is 30.0 Å². The van der Waals surface area contributed by atoms with Crippen molar-refractivity contribution in [2.24, 2.45) is 0 Å². The molecule has 2 aromatic rings. The van der Waals surface area contributed by atoms with Gasteiger partial charge < -0.3 is 0 Å². The van der Waals surface area contributed by atoms with E-state index in [2.05, 4.69) is 0 Å². The highest BCUT2D eigenvalue weighted by Gasteiger charge is 2.25. The van der Waals surface area contributed by atoms with Crippen LogP contribution in [-0.4, -0.2) is 21.6 Å². The standard InChI is InChI=1S/C20H18FNO3S/c1-12-17(9-13-3-6-15(7-4-13)26(2)25)16-8-5-14(21)10-19(16)18(12)11-20(23)22-24/h3-10,24H,11H2,1-2H3,(H,22,23)/b17-9+. The topological polar surface area (TPSA) is 66.4 Å². The fourth-order valence-corrected chi connectivity index (χ4v) is 3.62. The first-order valence-electron chi connectivity index (χ1n) is 7.99. The number of hydrogen-bond donors (Lipinski definition) is 2. The molecule has 0 aliphatic heterocycles. The third-order valence-electron chi connectivity index (χ3n) is 4.44. The van der Waals surface area contributed by atoms with Gasteiger partial charge in [-0.25, -0.2) is 9.87 Å². The van der Waals surface area contributed by atoms with Crippen LogP contribution < -0.4 is 5.48 Å². The number of carbonyl (C=O) groups is 1. The molecule has 6 heteroatoms. The molecule has 2 aromatic carbocycles. The molecule has 0 saturated carbocycles. The molecule has 1 aliphatic carbocycles. The average Bonchev–Trinajstić information content (AvgIpc) is 2.87. The van der Waals surface area contributed by atoms with Crippen molar-refractivity contribution in [2.45, 2.75) is 18.2 Å². The quantitative estimate of drug-likeness (QED) is 0.635. The number of halogens is 1. The molecule has 1 aliphatic rings. The van der Waals surface area contributed by atoms with Gasteiger partial charge in [-0.1, -0.05) is 18.2 Å². The van der Waals surface area contributed by atoms with E-state index in [0.717, 1.165) is 27.2 Å². The lowest BCUT2D eigenvalue weighted by Gasteiger charge is -2.05. The molecular weight excluding hydrogens is 353 g/mol. The Hall–Kier alpha value is -2.57. The van der Waals surface area contributed by atoms with E-state index < -0.39 is 16.7 Å². The Morgan fingerprint density at radius 2 is 1.88 bits per heavy atom. The van der Waals surface area contributed by atoms with Crippen molar-refractivity contribution >= 4 is 33.9 Å². The van der Waals surface area contributed by atoms with Crippen molar-refractivity contribution < 1.29 is 18.6 Å². The fourth-order valence-electron chi connectivity index (χ4n) is 3.10. The third kappa shape index (κ3) is 3.52. The second kappa shape index (κ2) is 7.35. The van der Waals surface area contributed by atoms with Gasteiger partial charge in [0.2, 0.25) is 5.91 Å². The minimum Gasteiger partial charge on any atom is -0.289 e. The van der Waals surface area contributed by atoms with Gasteiger partial charge in [-0.3, -0.25) is 14.2 Å². The van der Waals surface area contributed by atoms with Crippen LogP contribution in [0.5, 0.6) is 0 Å². The number of hydrogen-bond acceptors (Lipinski definition) is 3. The maximum absolute atomic E-state index is 13.7. The van der Waals surface area contributed by atoms with Gasteiger partial charge in [-0.05, 0) is 70.7 Å². The number of amides is 1. The molecule has 26 heavy (non-hydrogen) atoms. The summed E-state index contributed by atoms with van der Waals surface area (Å²) in [5, 5.41) is 8.82. The summed E-state index contributed by atoms with van der Waals surface area (Å²) in [6, 6.07) is 11.8. The number of allylic oxidation sites excluding steroid dienone is 2. The molecule has 0 heterocycles. The number of hydroxylamine groups is 1. The summed E-state index contributed by atoms with van der Waals surface area (Å²) in [6.07, 6.45) is 3.54. The van der Waals surface area contributed by atoms with Crippen molar-refractivity contribution in [3.63, 3.8) is 0 Å². The lowest BCUT2D eigenvalue weighted by atomic mass is 10.0. The zero-order valence-electron chi connectivity index (χ0n) is 14.4. The Labute approximate surface area is 153 Å². The van der Waals surface area contributed by atoms with Crippen molar-refractivity contribution in [2.75, 3.05) is 6.26 Å². The predicted octanol–water partition coefficient (Wildman–Crippen LogP) is 3.79. The summed E-state index contributed by atoms with van der Waals surface area (Å²) in [7, 11) is -1.04. The van der Waals surface area contributed by atoms with Gasteiger partial charge in [0.15, 0.2) is 0 Å². The SMILES string of the molecule is CC1=C(CC(=O)NO)c2cc(F)ccc2/C1=C/c1ccc(S(C)=O)cc1. The number of nitrogens with one attached hydrogen (secondary N) is 1. The normalized spacial score (nSPS) is 15.9. The van der Waals surface area contributed by atoms with Crippen molar-refractivity contribution in [3.8, 4) is 0 Å². The molecule has 0 bridgehead atoms. The predicted molar refractivity (Wildman–Crippen MR) is 100 cm³/mol. The van der Waals surface area contributed by atoms with E-state index in [-0.39, 0.29) is 12.2 Å². The van der Waals surface area contributed by atoms with Gasteiger partial charge in [-0.2, -0.15) is 0 Å². The lowest BCUT2D eigenvalue weighted by Crippen LogP contribution is -2.18. The molecule has 134 valence electrons. The van der Waals surface area contributed by atoms with Crippen LogP contribution in [0, 0.1) is 5.82 Å². The summed E-state index contributed by atoms with van der Waals surface area (Å²) >= 11 is 0. The average molecular weight is 371 g/mol. The molecule has 1 unspecified atom stereocenters. The Morgan fingerprint density at radius 3 is 2.50 bits per heavy atom. The molecule has 0 spiro atoms. The maximum Gasteiger partial charge on any atom is 0.247 e. The van der Waals surface area contributed by atoms with Crippen LogP contribution in [0.25, 0.3) is 17.2 Å². The highest BCUT2D eigenvalue weighted by molar-refractivity contribution is 7.84. The Kier molecular flexibility index (Phi) is 5.15. The highest BCUT2D eigenvalue weighted by Crippen LogP contribution is 2.43. The fraction of sp³-hybridized carbons (Fsp3) is 0.150. The van der Waals surface area contributed by atoms with Crippen LogP contribution in [0.2, 0.25) is 0 Å². The summed E-state index contributed by atoms with van der Waals surface area (Å²) in [4.78, 5) is 12.4. The number of fused-ring (bicyclic) bond motifs is 1. The van der Waals surface area contributed by atoms with E-state index in [1.807, 2.05) is 37.3 Å². The van der Waals surface area contributed by atoms with E-state index in [4.69, 9.17) is 5.21 Å². The van der Waals surface area contributed by atoms with E-state index in [9.17, 15) is 13.4 Å². The molecule has 2 N–H and O–H groups in total. The van der Waals surface area contributed by atoms with Crippen molar-refractivity contribution in [3.05, 3.63) is 70.5 Å². The Balaban J connectivity index is 2.08. The molecule has 0 fully saturated rings. The molecule has 4 nitrogen and oxygen atoms in total. The van der Waals surface area contributed by atoms with E-state index in [0.29, 0.717) is 11.1 Å². The molecule has 1 atom stereocenters. The van der Waals surface area contributed by atoms with Crippen molar-refractivity contribution in [1.82, 2.24) is 5.48 Å². The Bertz CT molecular complexity index is 962. The second-order valence-corrected chi connectivity index (χ2v) is 7.47. The van der Waals surface area contributed by atoms with E-state index in [1.54, 1.807) is 17.8 Å². The summed E-state index contributed by atoms with van der Waals surface area (Å²) in [6.45, 7) is 1.87. The van der Waals surface area contributed by atoms with Gasteiger partial charge in [0.1, 0.15) is 5.82 Å². The van der Waals surface area contributed by atoms with Gasteiger partial charge >= 0.3 is 0 Å². The molecule has 0 saturated heterocycles. The first-order valence-corrected chi connectivity index (χ1v) is 9.55. The molecule has 0 aromatic heterocycles. The first-order chi connectivity index (χ1) is 12.4. The smallest absolute Gasteiger partial charge is 0.247 e. The zero-order valence-corrected chi connectivity index (χ0v) is 15.2. The number of rotatable bonds is 4. The minimum absolute atomic E-state index is 0.0378. The number of carbonyl (C=O) groups excluding carboxylic acids is 1. The largest absolute Gasteiger partial charge is 0.289 e. The first kappa shape index (κ1) is 18.2. The minimum atomic E-state index is -1.04. The molecule has 1 amide bonds. The second-order valence-electron chi connectivity index (χ2n) is 6.09. The van der Waals surface area contributed by atoms with E-state index in [1.165, 1.54) is 12.1 Å². The van der Waals surface area contributed by atoms with Gasteiger partial charge in [0, 0.05) is 22.0 Å². The molecule has 0 radical (unpaired) electrons. The van der Waals surface area contributed by atoms with Crippen molar-refractivity contribution in [1.29, 1.82) is 0 Å². The Morgan fingerprint density at radius 1 is 1.19 bits per heavy atom. The van der Waals surface area contributed by atoms with Gasteiger partial charge in [0.05, 0.1) is 6.42 Å². The third-order valence-corrected chi connectivity index (χ3v) is 5.37. The van der Waals surface area contributed by atoms with Crippen LogP contribution in [0.15, 0.2) is 52.9 Å². The zero-order chi connectivity index (χ0) is 18.8. The monoisotopic (exact) mass is 371 g/mol. The lowest BCUT2D eigenvalue weighted by molar-refractivity contribution is -0.128. The summed E-state index contributed by atoms with van der Waals surface area (Å²) in [5.41, 5.74) is 6.47. The van der Waals surface area contributed by atoms with Crippen LogP contribution in [0.3, 0.4) is 0 Å². The summed E-state index contributed by atoms with van der Waals surface area (Å²) < 4.78 is 25.3. The maximum atomic E-state index is 13.7. The molecular formula is C20H18FNO3S. The summed E-state index contributed by atoms with van der Waals surface area (Å²) in [5.74, 6) is -0.930. The highest BCUT2D eigenvalue weighted by atomic mass is 32.2. The van der Waals surface area contributed by atoms with Gasteiger partial charge in [0.25, 0.3) is 0 Å². The van der Waals surface area contributed by atoms with Gasteiger partial charge in [-0.15, -0.1) is 0 Å². The molecule has 3 rings (SSSR count). The van der Waals surface area contributed by atoms with Crippen LogP contribution >= 0.6 is 0 Å². The van der Waals surface area contributed by atoms with Crippen LogP contribution in [0.4, 0.5) is 4.39 Å². The van der Waals surface area contributed by atoms with E-state index >= 15 is 0 Å².